The summed E-state index contributed by atoms with van der Waals surface area (Å²) in [4.78, 5) is 9.96. The molecule has 20 heavy (non-hydrogen) atoms. The van der Waals surface area contributed by atoms with E-state index in [0.29, 0.717) is 26.3 Å². The Morgan fingerprint density at radius 1 is 1.75 bits per heavy atom. The highest BCUT2D eigenvalue weighted by Crippen LogP contribution is 2.07. The van der Waals surface area contributed by atoms with Crippen molar-refractivity contribution in [1.29, 1.82) is 0 Å². The third kappa shape index (κ3) is 6.41. The fraction of sp³-hybridized carbons (Fsp3) is 0.583. The minimum absolute atomic E-state index is 0.0849. The summed E-state index contributed by atoms with van der Waals surface area (Å²) in [7, 11) is 0. The molecule has 0 amide bonds. The molecule has 1 unspecified atom stereocenters. The topological polar surface area (TPSA) is 102 Å². The van der Waals surface area contributed by atoms with Crippen molar-refractivity contribution in [2.45, 2.75) is 19.6 Å². The van der Waals surface area contributed by atoms with E-state index in [2.05, 4.69) is 17.0 Å². The first kappa shape index (κ1) is 16.3. The number of aliphatic hydroxyl groups is 1. The summed E-state index contributed by atoms with van der Waals surface area (Å²) in [5.74, 6) is 0. The number of rotatable bonds is 10. The molecular formula is C12H20N4O4. The van der Waals surface area contributed by atoms with Gasteiger partial charge in [0, 0.05) is 13.1 Å². The van der Waals surface area contributed by atoms with Gasteiger partial charge < -0.3 is 15.2 Å². The van der Waals surface area contributed by atoms with Gasteiger partial charge in [-0.25, -0.2) is 0 Å². The molecular weight excluding hydrogens is 264 g/mol. The number of nitro groups is 1. The van der Waals surface area contributed by atoms with Gasteiger partial charge >= 0.3 is 5.69 Å². The maximum Gasteiger partial charge on any atom is 0.306 e. The van der Waals surface area contributed by atoms with E-state index in [4.69, 9.17) is 4.74 Å². The molecule has 8 heteroatoms. The highest BCUT2D eigenvalue weighted by molar-refractivity contribution is 5.20. The summed E-state index contributed by atoms with van der Waals surface area (Å²) in [6, 6.07) is 0. The minimum Gasteiger partial charge on any atom is -0.390 e. The van der Waals surface area contributed by atoms with Crippen LogP contribution in [0.5, 0.6) is 0 Å². The van der Waals surface area contributed by atoms with Gasteiger partial charge in [-0.3, -0.25) is 14.8 Å². The zero-order valence-corrected chi connectivity index (χ0v) is 11.5. The van der Waals surface area contributed by atoms with Crippen LogP contribution in [-0.4, -0.2) is 52.2 Å². The van der Waals surface area contributed by atoms with Crippen LogP contribution >= 0.6 is 0 Å². The second kappa shape index (κ2) is 8.41. The molecule has 2 N–H and O–H groups in total. The van der Waals surface area contributed by atoms with Crippen LogP contribution in [0.3, 0.4) is 0 Å². The molecule has 112 valence electrons. The number of nitrogens with zero attached hydrogens (tertiary/aromatic N) is 3. The summed E-state index contributed by atoms with van der Waals surface area (Å²) in [6.07, 6.45) is 1.78. The van der Waals surface area contributed by atoms with Gasteiger partial charge in [-0.1, -0.05) is 12.2 Å². The lowest BCUT2D eigenvalue weighted by molar-refractivity contribution is -0.385. The Bertz CT molecular complexity index is 446. The molecule has 8 nitrogen and oxygen atoms in total. The van der Waals surface area contributed by atoms with Crippen LogP contribution in [0.2, 0.25) is 0 Å². The first-order valence-corrected chi connectivity index (χ1v) is 6.26. The van der Waals surface area contributed by atoms with E-state index in [1.54, 1.807) is 0 Å². The van der Waals surface area contributed by atoms with Crippen LogP contribution < -0.4 is 5.32 Å². The molecule has 0 saturated carbocycles. The minimum atomic E-state index is -0.671. The second-order valence-corrected chi connectivity index (χ2v) is 4.55. The third-order valence-electron chi connectivity index (χ3n) is 2.38. The Labute approximate surface area is 117 Å². The van der Waals surface area contributed by atoms with Gasteiger partial charge in [-0.05, 0) is 6.92 Å². The van der Waals surface area contributed by atoms with Crippen LogP contribution in [0.15, 0.2) is 24.5 Å². The van der Waals surface area contributed by atoms with Gasteiger partial charge in [-0.2, -0.15) is 5.10 Å². The van der Waals surface area contributed by atoms with Crippen molar-refractivity contribution in [3.8, 4) is 0 Å². The number of nitrogens with one attached hydrogen (secondary N) is 1. The average Bonchev–Trinajstić information content (AvgIpc) is 2.81. The van der Waals surface area contributed by atoms with Crippen LogP contribution in [0, 0.1) is 10.1 Å². The molecule has 1 heterocycles. The summed E-state index contributed by atoms with van der Waals surface area (Å²) < 4.78 is 6.64. The quantitative estimate of drug-likeness (QED) is 0.278. The van der Waals surface area contributed by atoms with E-state index < -0.39 is 11.0 Å². The van der Waals surface area contributed by atoms with Crippen molar-refractivity contribution >= 4 is 5.69 Å². The summed E-state index contributed by atoms with van der Waals surface area (Å²) in [5.41, 5.74) is 0.878. The molecule has 1 rings (SSSR count). The SMILES string of the molecule is C=C(C)COCCNCC(O)Cn1cc([N+](=O)[O-])cn1. The van der Waals surface area contributed by atoms with Crippen molar-refractivity contribution in [3.05, 3.63) is 34.7 Å². The molecule has 1 aromatic heterocycles. The molecule has 1 aromatic rings. The van der Waals surface area contributed by atoms with Gasteiger partial charge in [0.05, 0.1) is 30.8 Å². The molecule has 0 aliphatic carbocycles. The zero-order valence-electron chi connectivity index (χ0n) is 11.5. The first-order valence-electron chi connectivity index (χ1n) is 6.26. The number of aliphatic hydroxyl groups excluding tert-OH is 1. The molecule has 0 spiro atoms. The van der Waals surface area contributed by atoms with E-state index in [9.17, 15) is 15.2 Å². The zero-order chi connectivity index (χ0) is 15.0. The molecule has 0 saturated heterocycles. The highest BCUT2D eigenvalue weighted by Gasteiger charge is 2.11. The normalized spacial score (nSPS) is 12.3. The first-order chi connectivity index (χ1) is 9.49. The van der Waals surface area contributed by atoms with Crippen molar-refractivity contribution < 1.29 is 14.8 Å². The summed E-state index contributed by atoms with van der Waals surface area (Å²) in [5, 5.41) is 27.1. The van der Waals surface area contributed by atoms with E-state index in [-0.39, 0.29) is 12.2 Å². The van der Waals surface area contributed by atoms with Crippen molar-refractivity contribution in [3.63, 3.8) is 0 Å². The second-order valence-electron chi connectivity index (χ2n) is 4.55. The molecule has 0 radical (unpaired) electrons. The van der Waals surface area contributed by atoms with Gasteiger partial charge in [-0.15, -0.1) is 0 Å². The van der Waals surface area contributed by atoms with Gasteiger partial charge in [0.1, 0.15) is 12.4 Å². The van der Waals surface area contributed by atoms with Crippen molar-refractivity contribution in [1.82, 2.24) is 15.1 Å². The third-order valence-corrected chi connectivity index (χ3v) is 2.38. The molecule has 0 aliphatic rings. The lowest BCUT2D eigenvalue weighted by atomic mass is 10.3. The van der Waals surface area contributed by atoms with Gasteiger partial charge in [0.25, 0.3) is 0 Å². The van der Waals surface area contributed by atoms with Crippen molar-refractivity contribution in [2.24, 2.45) is 0 Å². The average molecular weight is 284 g/mol. The number of aromatic nitrogens is 2. The van der Waals surface area contributed by atoms with Crippen molar-refractivity contribution in [2.75, 3.05) is 26.3 Å². The molecule has 0 aromatic carbocycles. The monoisotopic (exact) mass is 284 g/mol. The van der Waals surface area contributed by atoms with Gasteiger partial charge in [0.15, 0.2) is 0 Å². The predicted molar refractivity (Wildman–Crippen MR) is 73.4 cm³/mol. The van der Waals surface area contributed by atoms with Crippen LogP contribution in [-0.2, 0) is 11.3 Å². The lowest BCUT2D eigenvalue weighted by Crippen LogP contribution is -2.32. The molecule has 1 atom stereocenters. The Hall–Kier alpha value is -1.77. The largest absolute Gasteiger partial charge is 0.390 e. The van der Waals surface area contributed by atoms with Crippen LogP contribution in [0.1, 0.15) is 6.92 Å². The van der Waals surface area contributed by atoms with Gasteiger partial charge in [0.2, 0.25) is 0 Å². The number of hydrogen-bond acceptors (Lipinski definition) is 6. The standard InChI is InChI=1S/C12H20N4O4/c1-10(2)9-20-4-3-13-6-12(17)8-15-7-11(5-14-15)16(18)19/h5,7,12-13,17H,1,3-4,6,8-9H2,2H3. The van der Waals surface area contributed by atoms with Crippen LogP contribution in [0.25, 0.3) is 0 Å². The molecule has 0 fully saturated rings. The smallest absolute Gasteiger partial charge is 0.306 e. The Balaban J connectivity index is 2.14. The molecule has 0 aliphatic heterocycles. The Morgan fingerprint density at radius 2 is 2.50 bits per heavy atom. The van der Waals surface area contributed by atoms with E-state index >= 15 is 0 Å². The fourth-order valence-electron chi connectivity index (χ4n) is 1.49. The maximum atomic E-state index is 10.5. The summed E-state index contributed by atoms with van der Waals surface area (Å²) in [6.45, 7) is 7.85. The van der Waals surface area contributed by atoms with E-state index in [0.717, 1.165) is 11.8 Å². The predicted octanol–water partition coefficient (Wildman–Crippen LogP) is 0.334. The summed E-state index contributed by atoms with van der Waals surface area (Å²) >= 11 is 0. The Kier molecular flexibility index (Phi) is 6.85. The number of ether oxygens (including phenoxy) is 1. The highest BCUT2D eigenvalue weighted by atomic mass is 16.6. The number of hydrogen-bond donors (Lipinski definition) is 2. The Morgan fingerprint density at radius 3 is 3.10 bits per heavy atom. The molecule has 0 bridgehead atoms. The van der Waals surface area contributed by atoms with E-state index in [1.807, 2.05) is 6.92 Å². The fourth-order valence-corrected chi connectivity index (χ4v) is 1.49. The maximum absolute atomic E-state index is 10.5. The van der Waals surface area contributed by atoms with E-state index in [1.165, 1.54) is 10.9 Å². The van der Waals surface area contributed by atoms with Crippen LogP contribution in [0.4, 0.5) is 5.69 Å². The lowest BCUT2D eigenvalue weighted by Gasteiger charge is -2.11.